The molecule has 1 unspecified atom stereocenters. The van der Waals surface area contributed by atoms with Gasteiger partial charge in [0.15, 0.2) is 11.5 Å². The van der Waals surface area contributed by atoms with E-state index in [9.17, 15) is 31.3 Å². The molecule has 2 N–H and O–H groups in total. The summed E-state index contributed by atoms with van der Waals surface area (Å²) in [5.41, 5.74) is 5.98. The third-order valence-corrected chi connectivity index (χ3v) is 8.19. The number of rotatable bonds is 6. The maximum atomic E-state index is 14.0. The van der Waals surface area contributed by atoms with E-state index in [1.54, 1.807) is 0 Å². The van der Waals surface area contributed by atoms with Gasteiger partial charge < -0.3 is 19.7 Å². The molecule has 0 radical (unpaired) electrons. The zero-order valence-corrected chi connectivity index (χ0v) is 18.0. The Morgan fingerprint density at radius 1 is 0.909 bits per heavy atom. The topological polar surface area (TPSA) is 87.9 Å². The first-order valence-corrected chi connectivity index (χ1v) is 12.0. The Kier molecular flexibility index (Phi) is 6.13. The van der Waals surface area contributed by atoms with Crippen LogP contribution in [0.25, 0.3) is 0 Å². The van der Waals surface area contributed by atoms with Gasteiger partial charge in [-0.05, 0) is 37.8 Å². The molecule has 4 rings (SSSR count). The van der Waals surface area contributed by atoms with Crippen LogP contribution in [0.2, 0.25) is 0 Å². The first-order valence-electron chi connectivity index (χ1n) is 10.1. The van der Waals surface area contributed by atoms with Gasteiger partial charge in [-0.3, -0.25) is 4.57 Å². The molecule has 0 spiro atoms. The van der Waals surface area contributed by atoms with Crippen molar-refractivity contribution in [2.75, 3.05) is 6.16 Å². The summed E-state index contributed by atoms with van der Waals surface area (Å²) in [7, 11) is -3.84. The van der Waals surface area contributed by atoms with E-state index in [0.29, 0.717) is 12.8 Å². The third-order valence-electron chi connectivity index (χ3n) is 5.61. The fourth-order valence-electron chi connectivity index (χ4n) is 3.59. The van der Waals surface area contributed by atoms with E-state index < -0.39 is 59.2 Å². The number of carbonyl (C=O) groups excluding carboxylic acids is 1. The molecule has 0 amide bonds. The number of para-hydroxylation sites is 2. The summed E-state index contributed by atoms with van der Waals surface area (Å²) in [5.74, 6) is -14.4. The minimum absolute atomic E-state index is 0.328. The predicted octanol–water partition coefficient (Wildman–Crippen LogP) is 5.38. The minimum atomic E-state index is -3.84. The highest BCUT2D eigenvalue weighted by Crippen LogP contribution is 2.73. The van der Waals surface area contributed by atoms with Crippen molar-refractivity contribution in [2.24, 2.45) is 5.73 Å². The van der Waals surface area contributed by atoms with Gasteiger partial charge in [0.25, 0.3) is 7.37 Å². The van der Waals surface area contributed by atoms with E-state index in [2.05, 4.69) is 0 Å². The van der Waals surface area contributed by atoms with Crippen molar-refractivity contribution >= 4 is 13.3 Å². The number of halogens is 5. The van der Waals surface area contributed by atoms with Crippen LogP contribution in [0.1, 0.15) is 32.1 Å². The molecular weight excluding hydrogens is 472 g/mol. The third kappa shape index (κ3) is 4.19. The molecule has 1 aliphatic carbocycles. The number of esters is 1. The highest BCUT2D eigenvalue weighted by Gasteiger charge is 2.73. The zero-order valence-electron chi connectivity index (χ0n) is 17.1. The van der Waals surface area contributed by atoms with Gasteiger partial charge in [-0.2, -0.15) is 8.78 Å². The molecule has 178 valence electrons. The Morgan fingerprint density at radius 2 is 1.45 bits per heavy atom. The van der Waals surface area contributed by atoms with Gasteiger partial charge in [0, 0.05) is 0 Å². The molecule has 2 atom stereocenters. The van der Waals surface area contributed by atoms with Crippen LogP contribution in [-0.2, 0) is 14.1 Å². The van der Waals surface area contributed by atoms with Gasteiger partial charge >= 0.3 is 5.97 Å². The van der Waals surface area contributed by atoms with Crippen LogP contribution in [0.3, 0.4) is 0 Å². The molecule has 2 fully saturated rings. The van der Waals surface area contributed by atoms with Crippen LogP contribution in [0.15, 0.2) is 24.3 Å². The Balaban J connectivity index is 1.55. The van der Waals surface area contributed by atoms with Gasteiger partial charge in [-0.15, -0.1) is 0 Å². The first kappa shape index (κ1) is 23.5. The van der Waals surface area contributed by atoms with Gasteiger partial charge in [-0.25, -0.2) is 18.0 Å². The quantitative estimate of drug-likeness (QED) is 0.192. The van der Waals surface area contributed by atoms with E-state index in [-0.39, 0.29) is 18.0 Å². The van der Waals surface area contributed by atoms with Gasteiger partial charge in [0.1, 0.15) is 6.10 Å². The van der Waals surface area contributed by atoms with Gasteiger partial charge in [-0.1, -0.05) is 18.6 Å². The maximum Gasteiger partial charge on any atom is 0.338 e. The highest BCUT2D eigenvalue weighted by molar-refractivity contribution is 7.70. The second-order valence-electron chi connectivity index (χ2n) is 7.96. The summed E-state index contributed by atoms with van der Waals surface area (Å²) in [6.07, 6.45) is 3.49. The molecule has 2 aliphatic rings. The Bertz CT molecular complexity index is 1130. The molecule has 12 heteroatoms. The molecule has 1 heterocycles. The summed E-state index contributed by atoms with van der Waals surface area (Å²) in [4.78, 5) is 12.5. The lowest BCUT2D eigenvalue weighted by molar-refractivity contribution is -0.152. The van der Waals surface area contributed by atoms with Crippen molar-refractivity contribution in [1.82, 2.24) is 0 Å². The smallest absolute Gasteiger partial charge is 0.338 e. The standard InChI is InChI=1S/C21H19F5NO5P/c22-14-15(23)17(25)19(18(26)16(14)24)31-12-8-4-5-9-13(12)32-33(29)10-21(33,27)20(28)30-11-6-2-1-3-7-11/h4-5,8-9,11H,1-3,6-7,10,27H2/t21-,33?/m1/s1. The molecular formula is C21H19F5NO5P. The van der Waals surface area contributed by atoms with Crippen molar-refractivity contribution in [1.29, 1.82) is 0 Å². The molecule has 2 aromatic carbocycles. The second kappa shape index (κ2) is 8.61. The number of benzene rings is 2. The van der Waals surface area contributed by atoms with Crippen LogP contribution >= 0.6 is 7.37 Å². The van der Waals surface area contributed by atoms with E-state index in [4.69, 9.17) is 19.7 Å². The Hall–Kier alpha value is -2.65. The Labute approximate surface area is 185 Å². The number of hydrogen-bond donors (Lipinski definition) is 1. The molecule has 6 nitrogen and oxygen atoms in total. The van der Waals surface area contributed by atoms with Crippen LogP contribution < -0.4 is 15.0 Å². The van der Waals surface area contributed by atoms with Crippen molar-refractivity contribution in [3.63, 3.8) is 0 Å². The van der Waals surface area contributed by atoms with Crippen molar-refractivity contribution in [3.05, 3.63) is 53.4 Å². The number of nitrogens with two attached hydrogens (primary N) is 1. The van der Waals surface area contributed by atoms with Gasteiger partial charge in [0.2, 0.25) is 40.1 Å². The zero-order chi connectivity index (χ0) is 24.0. The monoisotopic (exact) mass is 491 g/mol. The van der Waals surface area contributed by atoms with E-state index in [1.165, 1.54) is 18.2 Å². The van der Waals surface area contributed by atoms with Crippen molar-refractivity contribution in [2.45, 2.75) is 43.5 Å². The second-order valence-corrected chi connectivity index (χ2v) is 10.6. The normalized spacial score (nSPS) is 24.9. The van der Waals surface area contributed by atoms with Crippen molar-refractivity contribution < 1.29 is 45.3 Å². The molecule has 2 aromatic rings. The summed E-state index contributed by atoms with van der Waals surface area (Å²) < 4.78 is 97.0. The SMILES string of the molecule is N[C@]1(C(=O)OC2CCCCC2)CP1(=O)Oc1ccccc1Oc1c(F)c(F)c(F)c(F)c1F. The Morgan fingerprint density at radius 3 is 2.06 bits per heavy atom. The molecule has 33 heavy (non-hydrogen) atoms. The molecule has 0 bridgehead atoms. The number of ether oxygens (including phenoxy) is 2. The van der Waals surface area contributed by atoms with E-state index >= 15 is 0 Å². The molecule has 1 saturated carbocycles. The average Bonchev–Trinajstić information content (AvgIpc) is 3.37. The largest absolute Gasteiger partial charge is 0.461 e. The van der Waals surface area contributed by atoms with Crippen LogP contribution in [0, 0.1) is 29.1 Å². The summed E-state index contributed by atoms with van der Waals surface area (Å²) in [6, 6.07) is 4.99. The maximum absolute atomic E-state index is 14.0. The molecule has 0 aromatic heterocycles. The van der Waals surface area contributed by atoms with Crippen LogP contribution in [0.4, 0.5) is 22.0 Å². The summed E-state index contributed by atoms with van der Waals surface area (Å²) >= 11 is 0. The van der Waals surface area contributed by atoms with Crippen molar-refractivity contribution in [3.8, 4) is 17.2 Å². The van der Waals surface area contributed by atoms with E-state index in [0.717, 1.165) is 25.3 Å². The fraction of sp³-hybridized carbons (Fsp3) is 0.381. The number of carbonyl (C=O) groups is 1. The first-order chi connectivity index (χ1) is 15.6. The minimum Gasteiger partial charge on any atom is -0.461 e. The molecule has 1 aliphatic heterocycles. The van der Waals surface area contributed by atoms with Crippen LogP contribution in [-0.4, -0.2) is 23.5 Å². The highest BCUT2D eigenvalue weighted by atomic mass is 31.2. The average molecular weight is 491 g/mol. The fourth-order valence-corrected chi connectivity index (χ4v) is 5.66. The summed E-state index contributed by atoms with van der Waals surface area (Å²) in [6.45, 7) is 0. The number of hydrogen-bond acceptors (Lipinski definition) is 6. The lowest BCUT2D eigenvalue weighted by atomic mass is 9.98. The summed E-state index contributed by atoms with van der Waals surface area (Å²) in [5, 5.41) is -1.90. The molecule has 1 saturated heterocycles. The lowest BCUT2D eigenvalue weighted by Crippen LogP contribution is -2.38. The van der Waals surface area contributed by atoms with Crippen LogP contribution in [0.5, 0.6) is 17.2 Å². The predicted molar refractivity (Wildman–Crippen MR) is 106 cm³/mol. The van der Waals surface area contributed by atoms with E-state index in [1.807, 2.05) is 0 Å². The lowest BCUT2D eigenvalue weighted by Gasteiger charge is -2.23. The van der Waals surface area contributed by atoms with Gasteiger partial charge in [0.05, 0.1) is 6.16 Å².